The van der Waals surface area contributed by atoms with Crippen LogP contribution < -0.4 is 10.1 Å². The molecular formula is C18H16ClFN4OS. The Bertz CT molecular complexity index is 969. The minimum Gasteiger partial charge on any atom is -0.481 e. The molecule has 1 saturated heterocycles. The highest BCUT2D eigenvalue weighted by Crippen LogP contribution is 2.32. The predicted molar refractivity (Wildman–Crippen MR) is 105 cm³/mol. The maximum Gasteiger partial charge on any atom is 0.213 e. The normalized spacial score (nSPS) is 14.3. The van der Waals surface area contributed by atoms with E-state index in [0.29, 0.717) is 16.0 Å². The average Bonchev–Trinajstić information content (AvgIpc) is 2.90. The van der Waals surface area contributed by atoms with E-state index in [1.54, 1.807) is 25.4 Å². The molecule has 0 spiro atoms. The molecule has 2 aromatic heterocycles. The molecule has 8 heteroatoms. The molecule has 1 N–H and O–H groups in total. The van der Waals surface area contributed by atoms with Gasteiger partial charge in [-0.25, -0.2) is 9.37 Å². The van der Waals surface area contributed by atoms with Crippen LogP contribution in [0.1, 0.15) is 6.04 Å². The Morgan fingerprint density at radius 2 is 2.15 bits per heavy atom. The molecule has 1 aliphatic rings. The van der Waals surface area contributed by atoms with E-state index in [9.17, 15) is 4.39 Å². The summed E-state index contributed by atoms with van der Waals surface area (Å²) < 4.78 is 20.6. The molecule has 0 aliphatic carbocycles. The summed E-state index contributed by atoms with van der Waals surface area (Å²) in [7, 11) is 1.58. The second kappa shape index (κ2) is 6.74. The molecule has 26 heavy (non-hydrogen) atoms. The number of fused-ring (bicyclic) bond motifs is 1. The summed E-state index contributed by atoms with van der Waals surface area (Å²) in [6.07, 6.45) is 3.54. The number of likely N-dealkylation sites (tertiary alicyclic amines) is 1. The lowest BCUT2D eigenvalue weighted by atomic mass is 10.1. The number of rotatable bonds is 3. The molecule has 0 unspecified atom stereocenters. The molecule has 0 atom stereocenters. The van der Waals surface area contributed by atoms with Crippen molar-refractivity contribution in [1.29, 1.82) is 0 Å². The smallest absolute Gasteiger partial charge is 0.213 e. The first-order valence-corrected chi connectivity index (χ1v) is 8.85. The highest BCUT2D eigenvalue weighted by atomic mass is 35.5. The number of pyridine rings is 1. The van der Waals surface area contributed by atoms with Gasteiger partial charge in [0, 0.05) is 30.7 Å². The topological polar surface area (TPSA) is 42.3 Å². The van der Waals surface area contributed by atoms with E-state index in [-0.39, 0.29) is 11.9 Å². The zero-order valence-corrected chi connectivity index (χ0v) is 15.5. The van der Waals surface area contributed by atoms with Gasteiger partial charge in [0.05, 0.1) is 35.6 Å². The number of benzene rings is 1. The van der Waals surface area contributed by atoms with Crippen LogP contribution in [0.15, 0.2) is 42.7 Å². The largest absolute Gasteiger partial charge is 0.481 e. The molecular weight excluding hydrogens is 375 g/mol. The van der Waals surface area contributed by atoms with E-state index >= 15 is 0 Å². The van der Waals surface area contributed by atoms with Crippen molar-refractivity contribution in [3.63, 3.8) is 0 Å². The standard InChI is InChI=1S/C18H16ClFN4OS/c1-25-17-5-3-12(7-21-17)22-18(26)23-8-13(9-23)24-10-15(19)14-6-11(20)2-4-16(14)24/h2-7,10,13H,8-9H2,1H3,(H,22,26). The Kier molecular flexibility index (Phi) is 4.42. The van der Waals surface area contributed by atoms with Gasteiger partial charge < -0.3 is 19.5 Å². The van der Waals surface area contributed by atoms with Gasteiger partial charge in [-0.15, -0.1) is 0 Å². The molecule has 3 aromatic rings. The van der Waals surface area contributed by atoms with E-state index < -0.39 is 0 Å². The van der Waals surface area contributed by atoms with E-state index in [1.807, 2.05) is 12.3 Å². The van der Waals surface area contributed by atoms with Crippen molar-refractivity contribution < 1.29 is 9.13 Å². The summed E-state index contributed by atoms with van der Waals surface area (Å²) >= 11 is 11.7. The molecule has 1 aliphatic heterocycles. The Balaban J connectivity index is 1.42. The molecule has 4 rings (SSSR count). The number of nitrogens with one attached hydrogen (secondary N) is 1. The third kappa shape index (κ3) is 3.08. The van der Waals surface area contributed by atoms with Gasteiger partial charge in [-0.3, -0.25) is 0 Å². The summed E-state index contributed by atoms with van der Waals surface area (Å²) in [5.41, 5.74) is 1.74. The number of halogens is 2. The zero-order valence-electron chi connectivity index (χ0n) is 13.9. The minimum absolute atomic E-state index is 0.240. The maximum absolute atomic E-state index is 13.4. The summed E-state index contributed by atoms with van der Waals surface area (Å²) in [6.45, 7) is 1.51. The number of ether oxygens (including phenoxy) is 1. The fourth-order valence-electron chi connectivity index (χ4n) is 3.06. The van der Waals surface area contributed by atoms with Crippen LogP contribution in [0.3, 0.4) is 0 Å². The number of hydrogen-bond acceptors (Lipinski definition) is 3. The van der Waals surface area contributed by atoms with Gasteiger partial charge in [0.2, 0.25) is 5.88 Å². The number of thiocarbonyl (C=S) groups is 1. The highest BCUT2D eigenvalue weighted by Gasteiger charge is 2.31. The molecule has 134 valence electrons. The van der Waals surface area contributed by atoms with Crippen LogP contribution in [0.4, 0.5) is 10.1 Å². The lowest BCUT2D eigenvalue weighted by Crippen LogP contribution is -2.52. The number of aromatic nitrogens is 2. The van der Waals surface area contributed by atoms with Crippen LogP contribution in [-0.2, 0) is 0 Å². The van der Waals surface area contributed by atoms with Gasteiger partial charge in [-0.2, -0.15) is 0 Å². The first-order chi connectivity index (χ1) is 12.5. The molecule has 0 bridgehead atoms. The second-order valence-corrected chi connectivity index (χ2v) is 6.92. The fraction of sp³-hybridized carbons (Fsp3) is 0.222. The maximum atomic E-state index is 13.4. The van der Waals surface area contributed by atoms with Gasteiger partial charge in [0.1, 0.15) is 5.82 Å². The van der Waals surface area contributed by atoms with Crippen LogP contribution in [-0.4, -0.2) is 39.8 Å². The number of nitrogens with zero attached hydrogens (tertiary/aromatic N) is 3. The van der Waals surface area contributed by atoms with Crippen LogP contribution in [0.5, 0.6) is 5.88 Å². The van der Waals surface area contributed by atoms with Crippen molar-refractivity contribution in [2.45, 2.75) is 6.04 Å². The monoisotopic (exact) mass is 390 g/mol. The van der Waals surface area contributed by atoms with Crippen LogP contribution in [0, 0.1) is 5.82 Å². The SMILES string of the molecule is COc1ccc(NC(=S)N2CC(n3cc(Cl)c4cc(F)ccc43)C2)cn1. The van der Waals surface area contributed by atoms with Gasteiger partial charge >= 0.3 is 0 Å². The Hall–Kier alpha value is -2.38. The summed E-state index contributed by atoms with van der Waals surface area (Å²) in [4.78, 5) is 6.21. The lowest BCUT2D eigenvalue weighted by Gasteiger charge is -2.42. The summed E-state index contributed by atoms with van der Waals surface area (Å²) in [5, 5.41) is 5.10. The fourth-order valence-corrected chi connectivity index (χ4v) is 3.59. The summed E-state index contributed by atoms with van der Waals surface area (Å²) in [5.74, 6) is 0.268. The molecule has 0 amide bonds. The lowest BCUT2D eigenvalue weighted by molar-refractivity contribution is 0.200. The van der Waals surface area contributed by atoms with Crippen LogP contribution in [0.25, 0.3) is 10.9 Å². The minimum atomic E-state index is -0.286. The van der Waals surface area contributed by atoms with Gasteiger partial charge in [0.15, 0.2) is 5.11 Å². The van der Waals surface area contributed by atoms with Crippen molar-refractivity contribution >= 4 is 45.5 Å². The molecule has 1 aromatic carbocycles. The highest BCUT2D eigenvalue weighted by molar-refractivity contribution is 7.80. The summed E-state index contributed by atoms with van der Waals surface area (Å²) in [6, 6.07) is 8.56. The molecule has 0 radical (unpaired) electrons. The molecule has 3 heterocycles. The Labute approximate surface area is 160 Å². The van der Waals surface area contributed by atoms with E-state index in [2.05, 4.69) is 19.8 Å². The molecule has 1 fully saturated rings. The Morgan fingerprint density at radius 1 is 1.35 bits per heavy atom. The first kappa shape index (κ1) is 17.1. The average molecular weight is 391 g/mol. The van der Waals surface area contributed by atoms with Gasteiger partial charge in [-0.1, -0.05) is 11.6 Å². The first-order valence-electron chi connectivity index (χ1n) is 8.06. The van der Waals surface area contributed by atoms with E-state index in [4.69, 9.17) is 28.6 Å². The molecule has 5 nitrogen and oxygen atoms in total. The van der Waals surface area contributed by atoms with Crippen molar-refractivity contribution in [2.24, 2.45) is 0 Å². The second-order valence-electron chi connectivity index (χ2n) is 6.12. The number of hydrogen-bond donors (Lipinski definition) is 1. The van der Waals surface area contributed by atoms with Crippen molar-refractivity contribution in [3.8, 4) is 5.88 Å². The van der Waals surface area contributed by atoms with E-state index in [1.165, 1.54) is 12.1 Å². The van der Waals surface area contributed by atoms with Gasteiger partial charge in [0.25, 0.3) is 0 Å². The Morgan fingerprint density at radius 3 is 2.85 bits per heavy atom. The zero-order chi connectivity index (χ0) is 18.3. The van der Waals surface area contributed by atoms with Gasteiger partial charge in [-0.05, 0) is 36.5 Å². The van der Waals surface area contributed by atoms with Crippen LogP contribution in [0.2, 0.25) is 5.02 Å². The number of anilines is 1. The predicted octanol–water partition coefficient (Wildman–Crippen LogP) is 4.09. The third-order valence-electron chi connectivity index (χ3n) is 4.49. The quantitative estimate of drug-likeness (QED) is 0.682. The van der Waals surface area contributed by atoms with Crippen molar-refractivity contribution in [3.05, 3.63) is 53.6 Å². The molecule has 0 saturated carbocycles. The van der Waals surface area contributed by atoms with Crippen LogP contribution >= 0.6 is 23.8 Å². The van der Waals surface area contributed by atoms with Crippen molar-refractivity contribution in [2.75, 3.05) is 25.5 Å². The third-order valence-corrected chi connectivity index (χ3v) is 5.15. The van der Waals surface area contributed by atoms with E-state index in [0.717, 1.165) is 29.7 Å². The number of methoxy groups -OCH3 is 1. The van der Waals surface area contributed by atoms with Crippen molar-refractivity contribution in [1.82, 2.24) is 14.5 Å².